The summed E-state index contributed by atoms with van der Waals surface area (Å²) in [5.41, 5.74) is 0.929. The van der Waals surface area contributed by atoms with E-state index in [1.165, 1.54) is 0 Å². The number of alkyl halides is 1. The number of hydrogen-bond donors (Lipinski definition) is 0. The largest absolute Gasteiger partial charge is 0.425 e. The monoisotopic (exact) mass is 238 g/mol. The van der Waals surface area contributed by atoms with Crippen molar-refractivity contribution < 1.29 is 9.53 Å². The first-order valence-electron chi connectivity index (χ1n) is 3.90. The number of esters is 1. The lowest BCUT2D eigenvalue weighted by Crippen LogP contribution is -2.16. The fourth-order valence-electron chi connectivity index (χ4n) is 1.14. The molecule has 0 N–H and O–H groups in total. The molecule has 1 atom stereocenters. The third-order valence-electron chi connectivity index (χ3n) is 1.80. The van der Waals surface area contributed by atoms with Gasteiger partial charge in [0, 0.05) is 5.56 Å². The van der Waals surface area contributed by atoms with E-state index in [0.29, 0.717) is 5.75 Å². The molecule has 0 radical (unpaired) electrons. The van der Waals surface area contributed by atoms with Crippen LogP contribution in [0.25, 0.3) is 6.08 Å². The standard InChI is InChI=1S/C10H7BrO2/c11-8-6-5-7-3-1-2-4-9(7)13-10(8)12/h1-6,8H. The maximum absolute atomic E-state index is 11.3. The number of carbonyl (C=O) groups excluding carboxylic acids is 1. The summed E-state index contributed by atoms with van der Waals surface area (Å²) in [5.74, 6) is 0.340. The van der Waals surface area contributed by atoms with Gasteiger partial charge in [0.05, 0.1) is 0 Å². The second-order valence-corrected chi connectivity index (χ2v) is 3.71. The van der Waals surface area contributed by atoms with E-state index in [1.54, 1.807) is 12.1 Å². The summed E-state index contributed by atoms with van der Waals surface area (Å²) in [6, 6.07) is 7.44. The van der Waals surface area contributed by atoms with Crippen molar-refractivity contribution in [3.05, 3.63) is 35.9 Å². The van der Waals surface area contributed by atoms with E-state index in [9.17, 15) is 4.79 Å². The fourth-order valence-corrected chi connectivity index (χ4v) is 1.39. The van der Waals surface area contributed by atoms with E-state index < -0.39 is 0 Å². The minimum atomic E-state index is -0.347. The van der Waals surface area contributed by atoms with Crippen LogP contribution in [0, 0.1) is 0 Å². The average Bonchev–Trinajstić information content (AvgIpc) is 2.28. The lowest BCUT2D eigenvalue weighted by molar-refractivity contribution is -0.132. The zero-order valence-electron chi connectivity index (χ0n) is 6.74. The Bertz CT molecular complexity index is 371. The smallest absolute Gasteiger partial charge is 0.329 e. The van der Waals surface area contributed by atoms with Crippen LogP contribution in [-0.2, 0) is 4.79 Å². The van der Waals surface area contributed by atoms with Crippen LogP contribution in [0.5, 0.6) is 5.75 Å². The molecule has 0 saturated heterocycles. The summed E-state index contributed by atoms with van der Waals surface area (Å²) in [7, 11) is 0. The van der Waals surface area contributed by atoms with Gasteiger partial charge in [-0.15, -0.1) is 0 Å². The highest BCUT2D eigenvalue weighted by Gasteiger charge is 2.18. The van der Waals surface area contributed by atoms with Crippen LogP contribution in [0.3, 0.4) is 0 Å². The average molecular weight is 239 g/mol. The molecule has 0 fully saturated rings. The molecule has 1 aromatic carbocycles. The van der Waals surface area contributed by atoms with Gasteiger partial charge in [0.1, 0.15) is 10.6 Å². The van der Waals surface area contributed by atoms with Gasteiger partial charge < -0.3 is 4.74 Å². The highest BCUT2D eigenvalue weighted by Crippen LogP contribution is 2.24. The fraction of sp³-hybridized carbons (Fsp3) is 0.100. The molecule has 1 aliphatic heterocycles. The Morgan fingerprint density at radius 3 is 2.92 bits per heavy atom. The van der Waals surface area contributed by atoms with Gasteiger partial charge in [-0.25, -0.2) is 0 Å². The van der Waals surface area contributed by atoms with Gasteiger partial charge in [0.2, 0.25) is 0 Å². The molecule has 1 aromatic rings. The van der Waals surface area contributed by atoms with Crippen molar-refractivity contribution in [2.75, 3.05) is 0 Å². The second kappa shape index (κ2) is 3.34. The van der Waals surface area contributed by atoms with E-state index in [2.05, 4.69) is 15.9 Å². The lowest BCUT2D eigenvalue weighted by Gasteiger charge is -2.04. The van der Waals surface area contributed by atoms with Crippen LogP contribution in [0.4, 0.5) is 0 Å². The van der Waals surface area contributed by atoms with Crippen molar-refractivity contribution >= 4 is 28.0 Å². The lowest BCUT2D eigenvalue weighted by atomic mass is 10.2. The molecule has 0 aromatic heterocycles. The molecule has 1 heterocycles. The third-order valence-corrected chi connectivity index (χ3v) is 2.48. The van der Waals surface area contributed by atoms with Gasteiger partial charge in [0.15, 0.2) is 0 Å². The van der Waals surface area contributed by atoms with Gasteiger partial charge >= 0.3 is 5.97 Å². The van der Waals surface area contributed by atoms with Crippen molar-refractivity contribution in [2.24, 2.45) is 0 Å². The Morgan fingerprint density at radius 2 is 2.08 bits per heavy atom. The Kier molecular flexibility index (Phi) is 2.19. The highest BCUT2D eigenvalue weighted by molar-refractivity contribution is 9.10. The van der Waals surface area contributed by atoms with Gasteiger partial charge in [-0.1, -0.05) is 46.3 Å². The SMILES string of the molecule is O=C1Oc2ccccc2C=CC1Br. The van der Waals surface area contributed by atoms with E-state index in [0.717, 1.165) is 5.56 Å². The molecule has 0 aliphatic carbocycles. The molecule has 1 aliphatic rings. The van der Waals surface area contributed by atoms with Crippen molar-refractivity contribution in [1.82, 2.24) is 0 Å². The highest BCUT2D eigenvalue weighted by atomic mass is 79.9. The number of benzene rings is 1. The van der Waals surface area contributed by atoms with Gasteiger partial charge in [0.25, 0.3) is 0 Å². The number of rotatable bonds is 0. The Hall–Kier alpha value is -1.09. The van der Waals surface area contributed by atoms with Crippen molar-refractivity contribution in [1.29, 1.82) is 0 Å². The Labute approximate surface area is 84.3 Å². The minimum absolute atomic E-state index is 0.277. The van der Waals surface area contributed by atoms with Crippen molar-refractivity contribution in [3.63, 3.8) is 0 Å². The summed E-state index contributed by atoms with van der Waals surface area (Å²) < 4.78 is 5.12. The number of para-hydroxylation sites is 1. The molecule has 0 bridgehead atoms. The van der Waals surface area contributed by atoms with E-state index >= 15 is 0 Å². The summed E-state index contributed by atoms with van der Waals surface area (Å²) >= 11 is 3.20. The molecular formula is C10H7BrO2. The maximum Gasteiger partial charge on any atom is 0.329 e. The molecule has 1 unspecified atom stereocenters. The topological polar surface area (TPSA) is 26.3 Å². The molecule has 0 spiro atoms. The minimum Gasteiger partial charge on any atom is -0.425 e. The normalized spacial score (nSPS) is 20.4. The zero-order valence-corrected chi connectivity index (χ0v) is 8.32. The van der Waals surface area contributed by atoms with Crippen LogP contribution in [0.1, 0.15) is 5.56 Å². The number of carbonyl (C=O) groups is 1. The summed E-state index contributed by atoms with van der Waals surface area (Å²) in [6.07, 6.45) is 3.65. The Balaban J connectivity index is 2.46. The number of halogens is 1. The van der Waals surface area contributed by atoms with Crippen LogP contribution >= 0.6 is 15.9 Å². The van der Waals surface area contributed by atoms with Crippen LogP contribution in [0.15, 0.2) is 30.3 Å². The van der Waals surface area contributed by atoms with Gasteiger partial charge in [-0.2, -0.15) is 0 Å². The first kappa shape index (κ1) is 8.51. The van der Waals surface area contributed by atoms with Crippen molar-refractivity contribution in [3.8, 4) is 5.75 Å². The molecule has 13 heavy (non-hydrogen) atoms. The predicted octanol–water partition coefficient (Wildman–Crippen LogP) is 2.38. The number of ether oxygens (including phenoxy) is 1. The van der Waals surface area contributed by atoms with E-state index in [4.69, 9.17) is 4.74 Å². The Morgan fingerprint density at radius 1 is 1.31 bits per heavy atom. The van der Waals surface area contributed by atoms with Crippen LogP contribution in [0.2, 0.25) is 0 Å². The molecule has 66 valence electrons. The van der Waals surface area contributed by atoms with E-state index in [-0.39, 0.29) is 10.8 Å². The molecule has 2 nitrogen and oxygen atoms in total. The molecular weight excluding hydrogens is 232 g/mol. The maximum atomic E-state index is 11.3. The van der Waals surface area contributed by atoms with Crippen LogP contribution < -0.4 is 4.74 Å². The summed E-state index contributed by atoms with van der Waals surface area (Å²) in [5, 5.41) is 0. The number of fused-ring (bicyclic) bond motifs is 1. The number of hydrogen-bond acceptors (Lipinski definition) is 2. The molecule has 0 saturated carbocycles. The molecule has 0 amide bonds. The first-order chi connectivity index (χ1) is 6.27. The second-order valence-electron chi connectivity index (χ2n) is 2.72. The van der Waals surface area contributed by atoms with Gasteiger partial charge in [-0.05, 0) is 6.07 Å². The molecule has 3 heteroatoms. The van der Waals surface area contributed by atoms with E-state index in [1.807, 2.05) is 24.3 Å². The van der Waals surface area contributed by atoms with Crippen molar-refractivity contribution in [2.45, 2.75) is 4.83 Å². The first-order valence-corrected chi connectivity index (χ1v) is 4.82. The van der Waals surface area contributed by atoms with Crippen LogP contribution in [-0.4, -0.2) is 10.8 Å². The summed E-state index contributed by atoms with van der Waals surface area (Å²) in [4.78, 5) is 10.9. The molecule has 2 rings (SSSR count). The summed E-state index contributed by atoms with van der Waals surface area (Å²) in [6.45, 7) is 0. The zero-order chi connectivity index (χ0) is 9.26. The van der Waals surface area contributed by atoms with Gasteiger partial charge in [-0.3, -0.25) is 4.79 Å². The third kappa shape index (κ3) is 1.65. The quantitative estimate of drug-likeness (QED) is 0.394. The predicted molar refractivity (Wildman–Crippen MR) is 53.8 cm³/mol.